The van der Waals surface area contributed by atoms with E-state index in [1.54, 1.807) is 0 Å². The molecule has 2 rings (SSSR count). The summed E-state index contributed by atoms with van der Waals surface area (Å²) in [5.74, 6) is 0.142. The maximum atomic E-state index is 11.9. The lowest BCUT2D eigenvalue weighted by Gasteiger charge is -2.29. The molecule has 0 aromatic heterocycles. The molecule has 1 aliphatic carbocycles. The van der Waals surface area contributed by atoms with Crippen molar-refractivity contribution in [2.75, 3.05) is 20.1 Å². The lowest BCUT2D eigenvalue weighted by atomic mass is 9.94. The van der Waals surface area contributed by atoms with E-state index in [0.29, 0.717) is 0 Å². The highest BCUT2D eigenvalue weighted by Crippen LogP contribution is 2.22. The fourth-order valence-electron chi connectivity index (χ4n) is 2.37. The fraction of sp³-hybridized carbons (Fsp3) is 0.769. The Morgan fingerprint density at radius 3 is 2.62 bits per heavy atom. The first kappa shape index (κ1) is 11.6. The van der Waals surface area contributed by atoms with Gasteiger partial charge in [0.25, 0.3) is 0 Å². The van der Waals surface area contributed by atoms with Gasteiger partial charge in [0, 0.05) is 13.1 Å². The van der Waals surface area contributed by atoms with Gasteiger partial charge in [0.1, 0.15) is 6.10 Å². The molecule has 1 saturated heterocycles. The Balaban J connectivity index is 1.76. The minimum Gasteiger partial charge on any atom is -0.462 e. The first-order chi connectivity index (χ1) is 7.75. The average molecular weight is 223 g/mol. The van der Waals surface area contributed by atoms with Crippen LogP contribution in [-0.4, -0.2) is 37.1 Å². The van der Waals surface area contributed by atoms with Crippen LogP contribution >= 0.6 is 0 Å². The number of hydrogen-bond acceptors (Lipinski definition) is 3. The smallest absolute Gasteiger partial charge is 0.309 e. The molecule has 3 heteroatoms. The Kier molecular flexibility index (Phi) is 3.99. The summed E-state index contributed by atoms with van der Waals surface area (Å²) >= 11 is 0. The largest absolute Gasteiger partial charge is 0.462 e. The molecule has 1 fully saturated rings. The maximum Gasteiger partial charge on any atom is 0.309 e. The molecule has 0 radical (unpaired) electrons. The second-order valence-electron chi connectivity index (χ2n) is 4.92. The lowest BCUT2D eigenvalue weighted by molar-refractivity contribution is -0.156. The van der Waals surface area contributed by atoms with Crippen LogP contribution in [0.2, 0.25) is 0 Å². The third-order valence-corrected chi connectivity index (χ3v) is 3.55. The van der Waals surface area contributed by atoms with E-state index in [0.717, 1.165) is 45.2 Å². The van der Waals surface area contributed by atoms with Crippen molar-refractivity contribution in [1.29, 1.82) is 0 Å². The number of ether oxygens (including phenoxy) is 1. The molecule has 0 amide bonds. The van der Waals surface area contributed by atoms with E-state index in [4.69, 9.17) is 4.74 Å². The summed E-state index contributed by atoms with van der Waals surface area (Å²) < 4.78 is 5.58. The van der Waals surface area contributed by atoms with Crippen LogP contribution < -0.4 is 0 Å². The highest BCUT2D eigenvalue weighted by molar-refractivity contribution is 5.73. The van der Waals surface area contributed by atoms with E-state index >= 15 is 0 Å². The van der Waals surface area contributed by atoms with Crippen LogP contribution in [0, 0.1) is 5.92 Å². The van der Waals surface area contributed by atoms with Gasteiger partial charge in [0.05, 0.1) is 5.92 Å². The second-order valence-corrected chi connectivity index (χ2v) is 4.92. The van der Waals surface area contributed by atoms with Crippen LogP contribution in [0.5, 0.6) is 0 Å². The zero-order valence-corrected chi connectivity index (χ0v) is 10.0. The van der Waals surface area contributed by atoms with Gasteiger partial charge in [-0.15, -0.1) is 0 Å². The van der Waals surface area contributed by atoms with Crippen LogP contribution in [0.15, 0.2) is 12.2 Å². The molecule has 1 atom stereocenters. The van der Waals surface area contributed by atoms with Gasteiger partial charge in [0.2, 0.25) is 0 Å². The average Bonchev–Trinajstić information content (AvgIpc) is 2.33. The molecule has 0 bridgehead atoms. The summed E-state index contributed by atoms with van der Waals surface area (Å²) in [5, 5.41) is 0. The Morgan fingerprint density at radius 1 is 1.25 bits per heavy atom. The summed E-state index contributed by atoms with van der Waals surface area (Å²) in [6, 6.07) is 0. The van der Waals surface area contributed by atoms with Crippen LogP contribution in [0.4, 0.5) is 0 Å². The Morgan fingerprint density at radius 2 is 2.00 bits per heavy atom. The topological polar surface area (TPSA) is 29.5 Å². The predicted molar refractivity (Wildman–Crippen MR) is 63.1 cm³/mol. The molecule has 3 nitrogen and oxygen atoms in total. The number of rotatable bonds is 2. The van der Waals surface area contributed by atoms with Crippen LogP contribution in [-0.2, 0) is 9.53 Å². The number of esters is 1. The van der Waals surface area contributed by atoms with E-state index < -0.39 is 0 Å². The van der Waals surface area contributed by atoms with E-state index in [9.17, 15) is 4.79 Å². The molecular weight excluding hydrogens is 202 g/mol. The normalized spacial score (nSPS) is 27.9. The highest BCUT2D eigenvalue weighted by atomic mass is 16.5. The highest BCUT2D eigenvalue weighted by Gasteiger charge is 2.25. The third kappa shape index (κ3) is 3.08. The minimum absolute atomic E-state index is 0.0268. The van der Waals surface area contributed by atoms with Gasteiger partial charge >= 0.3 is 5.97 Å². The number of carbonyl (C=O) groups is 1. The zero-order chi connectivity index (χ0) is 11.4. The Bertz CT molecular complexity index is 267. The van der Waals surface area contributed by atoms with Gasteiger partial charge in [-0.25, -0.2) is 0 Å². The summed E-state index contributed by atoms with van der Waals surface area (Å²) in [6.07, 6.45) is 9.24. The molecular formula is C13H21NO2. The molecule has 1 heterocycles. The standard InChI is InChI=1S/C13H21NO2/c1-14-9-7-12(8-10-14)16-13(15)11-5-3-2-4-6-11/h2-3,11-12H,4-10H2,1H3. The summed E-state index contributed by atoms with van der Waals surface area (Å²) in [7, 11) is 2.12. The zero-order valence-electron chi connectivity index (χ0n) is 10.0. The van der Waals surface area contributed by atoms with Crippen LogP contribution in [0.3, 0.4) is 0 Å². The Hall–Kier alpha value is -0.830. The van der Waals surface area contributed by atoms with E-state index in [-0.39, 0.29) is 18.0 Å². The molecule has 0 saturated carbocycles. The summed E-state index contributed by atoms with van der Waals surface area (Å²) in [4.78, 5) is 14.2. The molecule has 0 aromatic rings. The first-order valence-electron chi connectivity index (χ1n) is 6.30. The molecule has 1 unspecified atom stereocenters. The minimum atomic E-state index is 0.0268. The molecule has 90 valence electrons. The molecule has 0 spiro atoms. The van der Waals surface area contributed by atoms with Gasteiger partial charge < -0.3 is 9.64 Å². The van der Waals surface area contributed by atoms with Crippen molar-refractivity contribution < 1.29 is 9.53 Å². The monoisotopic (exact) mass is 223 g/mol. The number of nitrogens with zero attached hydrogens (tertiary/aromatic N) is 1. The van der Waals surface area contributed by atoms with Crippen molar-refractivity contribution in [2.45, 2.75) is 38.2 Å². The predicted octanol–water partition coefficient (Wildman–Crippen LogP) is 1.98. The van der Waals surface area contributed by atoms with Crippen molar-refractivity contribution in [3.05, 3.63) is 12.2 Å². The second kappa shape index (κ2) is 5.48. The quantitative estimate of drug-likeness (QED) is 0.529. The number of allylic oxidation sites excluding steroid dienone is 2. The molecule has 0 N–H and O–H groups in total. The first-order valence-corrected chi connectivity index (χ1v) is 6.30. The Labute approximate surface area is 97.5 Å². The van der Waals surface area contributed by atoms with Gasteiger partial charge in [-0.1, -0.05) is 12.2 Å². The molecule has 0 aromatic carbocycles. The third-order valence-electron chi connectivity index (χ3n) is 3.55. The number of hydrogen-bond donors (Lipinski definition) is 0. The van der Waals surface area contributed by atoms with Crippen molar-refractivity contribution >= 4 is 5.97 Å². The SMILES string of the molecule is CN1CCC(OC(=O)C2CC=CCC2)CC1. The number of piperidine rings is 1. The molecule has 16 heavy (non-hydrogen) atoms. The van der Waals surface area contributed by atoms with Gasteiger partial charge in [-0.2, -0.15) is 0 Å². The number of likely N-dealkylation sites (tertiary alicyclic amines) is 1. The van der Waals surface area contributed by atoms with E-state index in [2.05, 4.69) is 24.1 Å². The lowest BCUT2D eigenvalue weighted by Crippen LogP contribution is -2.36. The van der Waals surface area contributed by atoms with E-state index in [1.165, 1.54) is 0 Å². The molecule has 1 aliphatic heterocycles. The van der Waals surface area contributed by atoms with Crippen molar-refractivity contribution in [1.82, 2.24) is 4.90 Å². The molecule has 2 aliphatic rings. The maximum absolute atomic E-state index is 11.9. The van der Waals surface area contributed by atoms with Crippen LogP contribution in [0.1, 0.15) is 32.1 Å². The van der Waals surface area contributed by atoms with E-state index in [1.807, 2.05) is 0 Å². The summed E-state index contributed by atoms with van der Waals surface area (Å²) in [6.45, 7) is 2.09. The fourth-order valence-corrected chi connectivity index (χ4v) is 2.37. The number of carbonyl (C=O) groups excluding carboxylic acids is 1. The van der Waals surface area contributed by atoms with Crippen molar-refractivity contribution in [3.8, 4) is 0 Å². The van der Waals surface area contributed by atoms with Gasteiger partial charge in [-0.3, -0.25) is 4.79 Å². The van der Waals surface area contributed by atoms with Crippen molar-refractivity contribution in [2.24, 2.45) is 5.92 Å². The van der Waals surface area contributed by atoms with Gasteiger partial charge in [0.15, 0.2) is 0 Å². The van der Waals surface area contributed by atoms with Crippen LogP contribution in [0.25, 0.3) is 0 Å². The van der Waals surface area contributed by atoms with Crippen molar-refractivity contribution in [3.63, 3.8) is 0 Å². The summed E-state index contributed by atoms with van der Waals surface area (Å²) in [5.41, 5.74) is 0. The van der Waals surface area contributed by atoms with Gasteiger partial charge in [-0.05, 0) is 39.2 Å².